The van der Waals surface area contributed by atoms with Gasteiger partial charge in [0.25, 0.3) is 0 Å². The van der Waals surface area contributed by atoms with Gasteiger partial charge in [0.1, 0.15) is 0 Å². The molecule has 0 saturated heterocycles. The van der Waals surface area contributed by atoms with Gasteiger partial charge in [0.05, 0.1) is 11.8 Å². The van der Waals surface area contributed by atoms with Crippen LogP contribution >= 0.6 is 7.26 Å². The highest BCUT2D eigenvalue weighted by atomic mass is 31.2. The Labute approximate surface area is 111 Å². The molecular weight excluding hydrogens is 241 g/mol. The molecule has 100 valence electrons. The summed E-state index contributed by atoms with van der Waals surface area (Å²) in [4.78, 5) is 4.31. The normalized spacial score (nSPS) is 26.3. The number of pyridine rings is 1. The lowest BCUT2D eigenvalue weighted by atomic mass is 9.93. The number of aryl methyl sites for hydroxylation is 1. The lowest BCUT2D eigenvalue weighted by Crippen LogP contribution is -2.24. The first-order valence-electron chi connectivity index (χ1n) is 6.82. The molecule has 1 aliphatic carbocycles. The Hall–Kier alpha value is -0.460. The Bertz CT molecular complexity index is 413. The standard InChI is InChI=1S/C15H25NOP/c1-11-12(8-6-10-16-11)15(17)13-7-5-9-14(13)18(2,3)4/h6,8,10,13-15,17H,5,7,9H2,1-4H3/q+1/t13?,14?,15-/m0/s1. The molecule has 1 saturated carbocycles. The van der Waals surface area contributed by atoms with E-state index in [0.29, 0.717) is 11.6 Å². The van der Waals surface area contributed by atoms with Crippen molar-refractivity contribution in [1.29, 1.82) is 0 Å². The van der Waals surface area contributed by atoms with Gasteiger partial charge in [-0.25, -0.2) is 0 Å². The Morgan fingerprint density at radius 3 is 2.67 bits per heavy atom. The van der Waals surface area contributed by atoms with E-state index in [1.807, 2.05) is 19.1 Å². The van der Waals surface area contributed by atoms with Crippen LogP contribution in [0.25, 0.3) is 0 Å². The van der Waals surface area contributed by atoms with Gasteiger partial charge in [0, 0.05) is 50.6 Å². The summed E-state index contributed by atoms with van der Waals surface area (Å²) < 4.78 is 0. The molecule has 1 fully saturated rings. The van der Waals surface area contributed by atoms with Gasteiger partial charge in [0.15, 0.2) is 0 Å². The third-order valence-electron chi connectivity index (χ3n) is 4.30. The van der Waals surface area contributed by atoms with Crippen LogP contribution < -0.4 is 0 Å². The van der Waals surface area contributed by atoms with E-state index >= 15 is 0 Å². The molecule has 1 N–H and O–H groups in total. The Morgan fingerprint density at radius 2 is 2.06 bits per heavy atom. The molecular formula is C15H25NOP+. The maximum Gasteiger partial charge on any atom is 0.0873 e. The summed E-state index contributed by atoms with van der Waals surface area (Å²) in [7, 11) is -0.889. The van der Waals surface area contributed by atoms with Crippen LogP contribution in [0.2, 0.25) is 0 Å². The molecule has 2 unspecified atom stereocenters. The molecule has 0 aromatic carbocycles. The van der Waals surface area contributed by atoms with Crippen LogP contribution in [0, 0.1) is 12.8 Å². The van der Waals surface area contributed by atoms with Gasteiger partial charge in [-0.3, -0.25) is 4.98 Å². The number of aliphatic hydroxyl groups excluding tert-OH is 1. The summed E-state index contributed by atoms with van der Waals surface area (Å²) >= 11 is 0. The van der Waals surface area contributed by atoms with Gasteiger partial charge in [-0.05, 0) is 32.3 Å². The fourth-order valence-electron chi connectivity index (χ4n) is 3.34. The molecule has 18 heavy (non-hydrogen) atoms. The average Bonchev–Trinajstić information content (AvgIpc) is 2.77. The van der Waals surface area contributed by atoms with Gasteiger partial charge in [-0.2, -0.15) is 0 Å². The minimum Gasteiger partial charge on any atom is -0.388 e. The lowest BCUT2D eigenvalue weighted by Gasteiger charge is -2.30. The van der Waals surface area contributed by atoms with E-state index in [0.717, 1.165) is 17.7 Å². The monoisotopic (exact) mass is 266 g/mol. The summed E-state index contributed by atoms with van der Waals surface area (Å²) in [6.07, 6.45) is 5.19. The zero-order chi connectivity index (χ0) is 13.3. The highest BCUT2D eigenvalue weighted by Crippen LogP contribution is 2.61. The van der Waals surface area contributed by atoms with Gasteiger partial charge < -0.3 is 5.11 Å². The van der Waals surface area contributed by atoms with Crippen LogP contribution in [0.5, 0.6) is 0 Å². The fraction of sp³-hybridized carbons (Fsp3) is 0.667. The molecule has 2 nitrogen and oxygen atoms in total. The van der Waals surface area contributed by atoms with Gasteiger partial charge in [-0.15, -0.1) is 0 Å². The zero-order valence-electron chi connectivity index (χ0n) is 11.9. The topological polar surface area (TPSA) is 33.1 Å². The molecule has 2 rings (SSSR count). The van der Waals surface area contributed by atoms with Gasteiger partial charge >= 0.3 is 0 Å². The first-order chi connectivity index (χ1) is 8.41. The van der Waals surface area contributed by atoms with Gasteiger partial charge in [-0.1, -0.05) is 6.07 Å². The number of rotatable bonds is 3. The van der Waals surface area contributed by atoms with Crippen LogP contribution in [-0.2, 0) is 0 Å². The minimum absolute atomic E-state index is 0.328. The van der Waals surface area contributed by atoms with E-state index in [9.17, 15) is 5.11 Å². The molecule has 0 radical (unpaired) electrons. The van der Waals surface area contributed by atoms with Crippen molar-refractivity contribution in [3.63, 3.8) is 0 Å². The second-order valence-electron chi connectivity index (χ2n) is 6.40. The highest BCUT2D eigenvalue weighted by Gasteiger charge is 2.44. The van der Waals surface area contributed by atoms with Crippen molar-refractivity contribution in [2.75, 3.05) is 20.0 Å². The largest absolute Gasteiger partial charge is 0.388 e. The SMILES string of the molecule is Cc1ncccc1[C@H](O)C1CCCC1[P+](C)(C)C. The van der Waals surface area contributed by atoms with E-state index in [4.69, 9.17) is 0 Å². The molecule has 1 aromatic heterocycles. The van der Waals surface area contributed by atoms with Crippen molar-refractivity contribution >= 4 is 7.26 Å². The van der Waals surface area contributed by atoms with Crippen molar-refractivity contribution in [2.45, 2.75) is 37.9 Å². The van der Waals surface area contributed by atoms with E-state index < -0.39 is 7.26 Å². The zero-order valence-corrected chi connectivity index (χ0v) is 12.8. The second-order valence-corrected chi connectivity index (χ2v) is 11.3. The summed E-state index contributed by atoms with van der Waals surface area (Å²) in [5.41, 5.74) is 2.72. The first-order valence-corrected chi connectivity index (χ1v) is 10.0. The van der Waals surface area contributed by atoms with E-state index in [1.54, 1.807) is 6.20 Å². The Balaban J connectivity index is 2.23. The Morgan fingerprint density at radius 1 is 1.33 bits per heavy atom. The fourth-order valence-corrected chi connectivity index (χ4v) is 5.76. The maximum absolute atomic E-state index is 10.7. The smallest absolute Gasteiger partial charge is 0.0873 e. The number of aromatic nitrogens is 1. The number of aliphatic hydroxyl groups is 1. The minimum atomic E-state index is -0.889. The van der Waals surface area contributed by atoms with Crippen LogP contribution in [0.15, 0.2) is 18.3 Å². The van der Waals surface area contributed by atoms with Crippen LogP contribution in [0.4, 0.5) is 0 Å². The molecule has 0 spiro atoms. The molecule has 0 amide bonds. The maximum atomic E-state index is 10.7. The number of hydrogen-bond donors (Lipinski definition) is 1. The first kappa shape index (κ1) is 14.0. The van der Waals surface area contributed by atoms with E-state index in [2.05, 4.69) is 25.0 Å². The average molecular weight is 266 g/mol. The summed E-state index contributed by atoms with van der Waals surface area (Å²) in [6, 6.07) is 3.96. The molecule has 0 aliphatic heterocycles. The van der Waals surface area contributed by atoms with E-state index in [-0.39, 0.29) is 6.10 Å². The molecule has 1 aliphatic rings. The van der Waals surface area contributed by atoms with Gasteiger partial charge in [0.2, 0.25) is 0 Å². The Kier molecular flexibility index (Phi) is 4.08. The summed E-state index contributed by atoms with van der Waals surface area (Å²) in [6.45, 7) is 9.20. The predicted octanol–water partition coefficient (Wildman–Crippen LogP) is 3.50. The van der Waals surface area contributed by atoms with Crippen molar-refractivity contribution < 1.29 is 5.11 Å². The van der Waals surface area contributed by atoms with Crippen molar-refractivity contribution in [3.8, 4) is 0 Å². The quantitative estimate of drug-likeness (QED) is 0.849. The molecule has 1 heterocycles. The molecule has 1 aromatic rings. The summed E-state index contributed by atoms with van der Waals surface area (Å²) in [5, 5.41) is 10.7. The molecule has 3 heteroatoms. The van der Waals surface area contributed by atoms with E-state index in [1.165, 1.54) is 12.8 Å². The third kappa shape index (κ3) is 2.75. The van der Waals surface area contributed by atoms with Crippen molar-refractivity contribution in [1.82, 2.24) is 4.98 Å². The summed E-state index contributed by atoms with van der Waals surface area (Å²) in [5.74, 6) is 0.432. The predicted molar refractivity (Wildman–Crippen MR) is 79.8 cm³/mol. The van der Waals surface area contributed by atoms with Crippen molar-refractivity contribution in [3.05, 3.63) is 29.6 Å². The van der Waals surface area contributed by atoms with Crippen LogP contribution in [0.3, 0.4) is 0 Å². The molecule has 0 bridgehead atoms. The third-order valence-corrected chi connectivity index (χ3v) is 6.93. The number of nitrogens with zero attached hydrogens (tertiary/aromatic N) is 1. The van der Waals surface area contributed by atoms with Crippen molar-refractivity contribution in [2.24, 2.45) is 5.92 Å². The van der Waals surface area contributed by atoms with Crippen LogP contribution in [-0.4, -0.2) is 35.7 Å². The number of hydrogen-bond acceptors (Lipinski definition) is 2. The lowest BCUT2D eigenvalue weighted by molar-refractivity contribution is 0.112. The van der Waals surface area contributed by atoms with Crippen LogP contribution in [0.1, 0.15) is 36.6 Å². The highest BCUT2D eigenvalue weighted by molar-refractivity contribution is 7.74. The molecule has 3 atom stereocenters. The second kappa shape index (κ2) is 5.27.